The van der Waals surface area contributed by atoms with E-state index in [-0.39, 0.29) is 18.5 Å². The first-order valence-corrected chi connectivity index (χ1v) is 7.11. The van der Waals surface area contributed by atoms with Gasteiger partial charge in [0.1, 0.15) is 6.10 Å². The Kier molecular flexibility index (Phi) is 4.22. The average molecular weight is 258 g/mol. The van der Waals surface area contributed by atoms with Crippen molar-refractivity contribution in [2.75, 3.05) is 18.2 Å². The molecule has 2 atom stereocenters. The number of nitrogens with one attached hydrogen (secondary N) is 2. The van der Waals surface area contributed by atoms with Crippen LogP contribution in [0.1, 0.15) is 11.0 Å². The highest BCUT2D eigenvalue weighted by Crippen LogP contribution is 2.17. The van der Waals surface area contributed by atoms with Crippen LogP contribution in [0, 0.1) is 0 Å². The molecule has 6 heteroatoms. The lowest BCUT2D eigenvalue weighted by Gasteiger charge is -2.13. The second kappa shape index (κ2) is 5.67. The van der Waals surface area contributed by atoms with Gasteiger partial charge in [-0.05, 0) is 11.4 Å². The summed E-state index contributed by atoms with van der Waals surface area (Å²) >= 11 is 3.20. The van der Waals surface area contributed by atoms with Gasteiger partial charge < -0.3 is 10.4 Å². The Hall–Kier alpha value is -0.560. The minimum absolute atomic E-state index is 0.0272. The summed E-state index contributed by atoms with van der Waals surface area (Å²) in [7, 11) is 0. The van der Waals surface area contributed by atoms with E-state index in [0.29, 0.717) is 0 Å². The molecule has 1 aromatic rings. The van der Waals surface area contributed by atoms with E-state index in [0.717, 1.165) is 16.5 Å². The molecule has 2 rings (SSSR count). The van der Waals surface area contributed by atoms with Gasteiger partial charge in [-0.3, -0.25) is 10.1 Å². The average Bonchev–Trinajstić information content (AvgIpc) is 2.95. The Morgan fingerprint density at radius 2 is 2.62 bits per heavy atom. The van der Waals surface area contributed by atoms with Gasteiger partial charge in [-0.1, -0.05) is 6.07 Å². The smallest absolute Gasteiger partial charge is 0.238 e. The molecule has 0 spiro atoms. The van der Waals surface area contributed by atoms with Crippen molar-refractivity contribution in [3.63, 3.8) is 0 Å². The van der Waals surface area contributed by atoms with Crippen LogP contribution >= 0.6 is 23.1 Å². The molecule has 1 aliphatic heterocycles. The summed E-state index contributed by atoms with van der Waals surface area (Å²) in [5.41, 5.74) is 0. The summed E-state index contributed by atoms with van der Waals surface area (Å²) in [6.45, 7) is 0.280. The monoisotopic (exact) mass is 258 g/mol. The normalized spacial score (nSPS) is 21.9. The maximum Gasteiger partial charge on any atom is 0.238 e. The van der Waals surface area contributed by atoms with Crippen molar-refractivity contribution in [2.45, 2.75) is 12.1 Å². The summed E-state index contributed by atoms with van der Waals surface area (Å²) in [6, 6.07) is 3.64. The minimum atomic E-state index is -0.599. The zero-order chi connectivity index (χ0) is 11.4. The molecule has 2 unspecified atom stereocenters. The predicted molar refractivity (Wildman–Crippen MR) is 66.5 cm³/mol. The van der Waals surface area contributed by atoms with Crippen molar-refractivity contribution in [3.8, 4) is 0 Å². The molecule has 1 saturated heterocycles. The second-order valence-electron chi connectivity index (χ2n) is 3.55. The number of rotatable bonds is 4. The Morgan fingerprint density at radius 1 is 1.75 bits per heavy atom. The molecule has 16 heavy (non-hydrogen) atoms. The summed E-state index contributed by atoms with van der Waals surface area (Å²) in [5.74, 6) is 1.60. The number of carbonyl (C=O) groups excluding carboxylic acids is 1. The fourth-order valence-electron chi connectivity index (χ4n) is 1.47. The van der Waals surface area contributed by atoms with Gasteiger partial charge in [-0.2, -0.15) is 0 Å². The first kappa shape index (κ1) is 11.9. The number of aliphatic hydroxyl groups is 1. The molecule has 0 aliphatic carbocycles. The van der Waals surface area contributed by atoms with Gasteiger partial charge in [-0.25, -0.2) is 0 Å². The fourth-order valence-corrected chi connectivity index (χ4v) is 3.12. The number of aliphatic hydroxyl groups excluding tert-OH is 1. The van der Waals surface area contributed by atoms with E-state index >= 15 is 0 Å². The standard InChI is InChI=1S/C10H14N2O2S2/c13-8(9-2-1-3-16-9)4-11-10(14)7-5-15-6-12-7/h1-3,7-8,12-13H,4-6H2,(H,11,14). The van der Waals surface area contributed by atoms with Crippen LogP contribution in [0.15, 0.2) is 17.5 Å². The van der Waals surface area contributed by atoms with Gasteiger partial charge in [0.05, 0.1) is 6.04 Å². The SMILES string of the molecule is O=C(NCC(O)c1cccs1)C1CSCN1. The summed E-state index contributed by atoms with van der Waals surface area (Å²) in [6.07, 6.45) is -0.599. The lowest BCUT2D eigenvalue weighted by Crippen LogP contribution is -2.43. The molecular weight excluding hydrogens is 244 g/mol. The largest absolute Gasteiger partial charge is 0.386 e. The lowest BCUT2D eigenvalue weighted by atomic mass is 10.2. The van der Waals surface area contributed by atoms with E-state index in [4.69, 9.17) is 0 Å². The molecule has 1 aliphatic rings. The topological polar surface area (TPSA) is 61.4 Å². The first-order chi connectivity index (χ1) is 7.77. The number of hydrogen-bond donors (Lipinski definition) is 3. The summed E-state index contributed by atoms with van der Waals surface area (Å²) in [5, 5.41) is 17.5. The molecule has 3 N–H and O–H groups in total. The molecule has 88 valence electrons. The molecule has 0 aromatic carbocycles. The quantitative estimate of drug-likeness (QED) is 0.738. The fraction of sp³-hybridized carbons (Fsp3) is 0.500. The second-order valence-corrected chi connectivity index (χ2v) is 5.56. The highest BCUT2D eigenvalue weighted by molar-refractivity contribution is 7.99. The van der Waals surface area contributed by atoms with Crippen molar-refractivity contribution in [2.24, 2.45) is 0 Å². The molecular formula is C10H14N2O2S2. The highest BCUT2D eigenvalue weighted by atomic mass is 32.2. The third-order valence-corrected chi connectivity index (χ3v) is 4.29. The van der Waals surface area contributed by atoms with Crippen LogP contribution in [0.2, 0.25) is 0 Å². The molecule has 0 radical (unpaired) electrons. The Morgan fingerprint density at radius 3 is 3.25 bits per heavy atom. The van der Waals surface area contributed by atoms with E-state index in [1.54, 1.807) is 11.8 Å². The number of hydrogen-bond acceptors (Lipinski definition) is 5. The number of thiophene rings is 1. The number of amides is 1. The molecule has 1 aromatic heterocycles. The van der Waals surface area contributed by atoms with Gasteiger partial charge >= 0.3 is 0 Å². The van der Waals surface area contributed by atoms with Crippen molar-refractivity contribution < 1.29 is 9.90 Å². The first-order valence-electron chi connectivity index (χ1n) is 5.07. The molecule has 1 amide bonds. The zero-order valence-corrected chi connectivity index (χ0v) is 10.3. The molecule has 4 nitrogen and oxygen atoms in total. The number of thioether (sulfide) groups is 1. The predicted octanol–water partition coefficient (Wildman–Crippen LogP) is 0.560. The lowest BCUT2D eigenvalue weighted by molar-refractivity contribution is -0.122. The van der Waals surface area contributed by atoms with E-state index in [9.17, 15) is 9.90 Å². The van der Waals surface area contributed by atoms with E-state index in [1.807, 2.05) is 17.5 Å². The highest BCUT2D eigenvalue weighted by Gasteiger charge is 2.22. The summed E-state index contributed by atoms with van der Waals surface area (Å²) < 4.78 is 0. The van der Waals surface area contributed by atoms with Crippen molar-refractivity contribution in [3.05, 3.63) is 22.4 Å². The van der Waals surface area contributed by atoms with Gasteiger partial charge in [0, 0.05) is 23.1 Å². The van der Waals surface area contributed by atoms with Crippen LogP contribution in [0.5, 0.6) is 0 Å². The third-order valence-electron chi connectivity index (χ3n) is 2.37. The van der Waals surface area contributed by atoms with Crippen LogP contribution < -0.4 is 10.6 Å². The van der Waals surface area contributed by atoms with Gasteiger partial charge in [0.25, 0.3) is 0 Å². The zero-order valence-electron chi connectivity index (χ0n) is 8.68. The van der Waals surface area contributed by atoms with Crippen LogP contribution in [-0.2, 0) is 4.79 Å². The maximum absolute atomic E-state index is 11.6. The van der Waals surface area contributed by atoms with Crippen LogP contribution in [0.25, 0.3) is 0 Å². The van der Waals surface area contributed by atoms with E-state index in [2.05, 4.69) is 10.6 Å². The van der Waals surface area contributed by atoms with E-state index < -0.39 is 6.10 Å². The van der Waals surface area contributed by atoms with Gasteiger partial charge in [0.2, 0.25) is 5.91 Å². The molecule has 1 fully saturated rings. The van der Waals surface area contributed by atoms with Gasteiger partial charge in [0.15, 0.2) is 0 Å². The molecule has 0 saturated carbocycles. The minimum Gasteiger partial charge on any atom is -0.386 e. The maximum atomic E-state index is 11.6. The number of carbonyl (C=O) groups is 1. The van der Waals surface area contributed by atoms with Crippen LogP contribution in [0.4, 0.5) is 0 Å². The Bertz CT molecular complexity index is 337. The van der Waals surface area contributed by atoms with Crippen molar-refractivity contribution >= 4 is 29.0 Å². The van der Waals surface area contributed by atoms with Crippen molar-refractivity contribution in [1.29, 1.82) is 0 Å². The summed E-state index contributed by atoms with van der Waals surface area (Å²) in [4.78, 5) is 12.5. The van der Waals surface area contributed by atoms with Crippen LogP contribution in [-0.4, -0.2) is 35.2 Å². The van der Waals surface area contributed by atoms with Gasteiger partial charge in [-0.15, -0.1) is 23.1 Å². The van der Waals surface area contributed by atoms with Crippen molar-refractivity contribution in [1.82, 2.24) is 10.6 Å². The van der Waals surface area contributed by atoms with E-state index in [1.165, 1.54) is 11.3 Å². The van der Waals surface area contributed by atoms with Crippen LogP contribution in [0.3, 0.4) is 0 Å². The molecule has 0 bridgehead atoms. The molecule has 2 heterocycles. The third kappa shape index (κ3) is 2.98. The Balaban J connectivity index is 1.76. The Labute approximate surface area is 102 Å².